The fourth-order valence-electron chi connectivity index (χ4n) is 4.25. The van der Waals surface area contributed by atoms with E-state index < -0.39 is 0 Å². The van der Waals surface area contributed by atoms with Crippen molar-refractivity contribution in [3.05, 3.63) is 64.1 Å². The normalized spacial score (nSPS) is 12.5. The van der Waals surface area contributed by atoms with Crippen molar-refractivity contribution in [2.45, 2.75) is 53.6 Å². The lowest BCUT2D eigenvalue weighted by Gasteiger charge is -2.20. The largest absolute Gasteiger partial charge is 0.493 e. The number of hydrogen-bond acceptors (Lipinski definition) is 7. The van der Waals surface area contributed by atoms with Gasteiger partial charge in [-0.15, -0.1) is 11.3 Å². The van der Waals surface area contributed by atoms with Crippen LogP contribution in [-0.2, 0) is 6.54 Å². The van der Waals surface area contributed by atoms with Crippen LogP contribution in [0.1, 0.15) is 56.4 Å². The van der Waals surface area contributed by atoms with Gasteiger partial charge < -0.3 is 20.1 Å². The molecule has 0 aliphatic rings. The summed E-state index contributed by atoms with van der Waals surface area (Å²) < 4.78 is 11.8. The molecule has 0 saturated carbocycles. The lowest BCUT2D eigenvalue weighted by atomic mass is 9.93. The molecule has 2 heterocycles. The summed E-state index contributed by atoms with van der Waals surface area (Å²) in [6.07, 6.45) is 0.948. The maximum atomic E-state index is 6.11. The van der Waals surface area contributed by atoms with Gasteiger partial charge in [0.2, 0.25) is 0 Å². The Morgan fingerprint density at radius 3 is 2.57 bits per heavy atom. The third-order valence-electron chi connectivity index (χ3n) is 6.30. The molecule has 37 heavy (non-hydrogen) atoms. The smallest absolute Gasteiger partial charge is 0.163 e. The van der Waals surface area contributed by atoms with Gasteiger partial charge in [-0.25, -0.2) is 9.97 Å². The van der Waals surface area contributed by atoms with Gasteiger partial charge in [0.15, 0.2) is 11.5 Å². The Hall–Kier alpha value is -3.16. The molecule has 2 aromatic carbocycles. The Kier molecular flexibility index (Phi) is 8.35. The van der Waals surface area contributed by atoms with Crippen LogP contribution in [0.25, 0.3) is 22.0 Å². The first kappa shape index (κ1) is 26.9. The van der Waals surface area contributed by atoms with E-state index in [1.165, 1.54) is 21.6 Å². The van der Waals surface area contributed by atoms with Gasteiger partial charge in [0.05, 0.1) is 25.3 Å². The van der Waals surface area contributed by atoms with E-state index in [9.17, 15) is 0 Å². The number of hydrogen-bond donors (Lipinski definition) is 2. The van der Waals surface area contributed by atoms with Gasteiger partial charge in [-0.05, 0) is 66.9 Å². The summed E-state index contributed by atoms with van der Waals surface area (Å²) in [5.41, 5.74) is 4.83. The van der Waals surface area contributed by atoms with E-state index in [4.69, 9.17) is 19.4 Å². The summed E-state index contributed by atoms with van der Waals surface area (Å²) in [5.74, 6) is 2.89. The lowest BCUT2D eigenvalue weighted by molar-refractivity contribution is 0.234. The number of fused-ring (bicyclic) bond motifs is 1. The van der Waals surface area contributed by atoms with E-state index in [1.807, 2.05) is 26.1 Å². The molecule has 2 N–H and O–H groups in total. The van der Waals surface area contributed by atoms with E-state index in [1.54, 1.807) is 18.4 Å². The maximum Gasteiger partial charge on any atom is 0.163 e. The minimum Gasteiger partial charge on any atom is -0.493 e. The molecule has 2 aromatic heterocycles. The van der Waals surface area contributed by atoms with Crippen LogP contribution in [0.4, 0.5) is 5.82 Å². The van der Waals surface area contributed by atoms with Crippen LogP contribution in [0.2, 0.25) is 0 Å². The molecule has 4 aromatic rings. The molecule has 1 atom stereocenters. The van der Waals surface area contributed by atoms with Crippen molar-refractivity contribution < 1.29 is 9.47 Å². The lowest BCUT2D eigenvalue weighted by Crippen LogP contribution is -2.11. The second-order valence-electron chi connectivity index (χ2n) is 10.6. The van der Waals surface area contributed by atoms with E-state index in [0.29, 0.717) is 23.9 Å². The highest BCUT2D eigenvalue weighted by Crippen LogP contribution is 2.37. The fourth-order valence-corrected chi connectivity index (χ4v) is 5.16. The Morgan fingerprint density at radius 2 is 1.84 bits per heavy atom. The van der Waals surface area contributed by atoms with Crippen molar-refractivity contribution in [1.82, 2.24) is 15.3 Å². The molecule has 6 nitrogen and oxygen atoms in total. The Bertz CT molecular complexity index is 1360. The number of anilines is 1. The number of aryl methyl sites for hydroxylation is 1. The molecule has 0 spiro atoms. The molecule has 0 fully saturated rings. The van der Waals surface area contributed by atoms with E-state index in [0.717, 1.165) is 29.7 Å². The average Bonchev–Trinajstić information content (AvgIpc) is 3.34. The van der Waals surface area contributed by atoms with Crippen molar-refractivity contribution in [2.75, 3.05) is 26.1 Å². The second kappa shape index (κ2) is 11.5. The van der Waals surface area contributed by atoms with Crippen LogP contribution in [-0.4, -0.2) is 30.7 Å². The first-order valence-corrected chi connectivity index (χ1v) is 13.6. The molecule has 0 aliphatic heterocycles. The molecule has 0 unspecified atom stereocenters. The van der Waals surface area contributed by atoms with Crippen LogP contribution >= 0.6 is 11.3 Å². The molecule has 0 saturated heterocycles. The number of benzene rings is 2. The van der Waals surface area contributed by atoms with Crippen LogP contribution in [0.15, 0.2) is 47.8 Å². The van der Waals surface area contributed by atoms with Crippen LogP contribution in [0, 0.1) is 12.3 Å². The quantitative estimate of drug-likeness (QED) is 0.228. The zero-order chi connectivity index (χ0) is 26.6. The summed E-state index contributed by atoms with van der Waals surface area (Å²) in [6, 6.07) is 14.8. The third-order valence-corrected chi connectivity index (χ3v) is 7.41. The van der Waals surface area contributed by atoms with Crippen molar-refractivity contribution >= 4 is 28.1 Å². The first-order chi connectivity index (χ1) is 17.7. The first-order valence-electron chi connectivity index (χ1n) is 12.8. The Labute approximate surface area is 224 Å². The molecule has 0 aliphatic carbocycles. The van der Waals surface area contributed by atoms with Gasteiger partial charge in [0.1, 0.15) is 11.6 Å². The monoisotopic (exact) mass is 518 g/mol. The Balaban J connectivity index is 1.60. The molecule has 7 heteroatoms. The van der Waals surface area contributed by atoms with Crippen molar-refractivity contribution in [2.24, 2.45) is 5.41 Å². The molecular weight excluding hydrogens is 480 g/mol. The molecule has 0 bridgehead atoms. The Morgan fingerprint density at radius 1 is 1.05 bits per heavy atom. The summed E-state index contributed by atoms with van der Waals surface area (Å²) in [4.78, 5) is 10.7. The highest BCUT2D eigenvalue weighted by molar-refractivity contribution is 7.10. The van der Waals surface area contributed by atoms with Crippen molar-refractivity contribution in [1.29, 1.82) is 0 Å². The zero-order valence-corrected chi connectivity index (χ0v) is 23.8. The molecule has 196 valence electrons. The van der Waals surface area contributed by atoms with Gasteiger partial charge in [-0.1, -0.05) is 45.0 Å². The summed E-state index contributed by atoms with van der Waals surface area (Å²) in [6.45, 7) is 12.2. The van der Waals surface area contributed by atoms with E-state index in [2.05, 4.69) is 74.0 Å². The van der Waals surface area contributed by atoms with Crippen LogP contribution in [0.3, 0.4) is 0 Å². The number of ether oxygens (including phenoxy) is 2. The van der Waals surface area contributed by atoms with Gasteiger partial charge in [-0.3, -0.25) is 0 Å². The zero-order valence-electron chi connectivity index (χ0n) is 22.9. The molecular formula is C30H38N4O2S. The van der Waals surface area contributed by atoms with Gasteiger partial charge in [0.25, 0.3) is 0 Å². The average molecular weight is 519 g/mol. The third kappa shape index (κ3) is 6.59. The predicted octanol–water partition coefficient (Wildman–Crippen LogP) is 7.38. The topological polar surface area (TPSA) is 68.3 Å². The predicted molar refractivity (Wildman–Crippen MR) is 155 cm³/mol. The summed E-state index contributed by atoms with van der Waals surface area (Å²) in [5, 5.41) is 10.0. The summed E-state index contributed by atoms with van der Waals surface area (Å²) in [7, 11) is 3.65. The van der Waals surface area contributed by atoms with Crippen molar-refractivity contribution in [3.8, 4) is 22.6 Å². The molecule has 4 rings (SSSR count). The van der Waals surface area contributed by atoms with Crippen LogP contribution in [0.5, 0.6) is 11.5 Å². The SMILES string of the molecule is CNCc1ccccc1-c1csc([C@@H](C)Nc2nc(C)nc3cc(OCCC(C)(C)C)c(OC)cc23)c1. The van der Waals surface area contributed by atoms with E-state index in [-0.39, 0.29) is 11.5 Å². The standard InChI is InChI=1S/C30H38N4O2S/c1-19(28-14-22(18-37-28)23-11-9-8-10-21(23)17-31-6)32-29-24-15-26(35-7)27(36-13-12-30(3,4)5)16-25(24)33-20(2)34-29/h8-11,14-16,18-19,31H,12-13,17H2,1-7H3,(H,32,33,34)/t19-/m1/s1. The van der Waals surface area contributed by atoms with Gasteiger partial charge in [0, 0.05) is 22.9 Å². The minimum absolute atomic E-state index is 0.0708. The number of nitrogens with one attached hydrogen (secondary N) is 2. The van der Waals surface area contributed by atoms with Crippen molar-refractivity contribution in [3.63, 3.8) is 0 Å². The second-order valence-corrected chi connectivity index (χ2v) is 11.5. The number of rotatable bonds is 10. The highest BCUT2D eigenvalue weighted by atomic mass is 32.1. The maximum absolute atomic E-state index is 6.11. The number of thiophene rings is 1. The molecule has 0 amide bonds. The number of methoxy groups -OCH3 is 1. The summed E-state index contributed by atoms with van der Waals surface area (Å²) >= 11 is 1.76. The minimum atomic E-state index is 0.0708. The van der Waals surface area contributed by atoms with Crippen LogP contribution < -0.4 is 20.1 Å². The van der Waals surface area contributed by atoms with Gasteiger partial charge >= 0.3 is 0 Å². The number of aromatic nitrogens is 2. The molecule has 0 radical (unpaired) electrons. The number of nitrogens with zero attached hydrogens (tertiary/aromatic N) is 2. The van der Waals surface area contributed by atoms with E-state index >= 15 is 0 Å². The van der Waals surface area contributed by atoms with Gasteiger partial charge in [-0.2, -0.15) is 0 Å². The highest BCUT2D eigenvalue weighted by Gasteiger charge is 2.18. The fraction of sp³-hybridized carbons (Fsp3) is 0.400.